The number of methoxy groups -OCH3 is 1. The Morgan fingerprint density at radius 2 is 2.10 bits per heavy atom. The van der Waals surface area contributed by atoms with Gasteiger partial charge in [0.25, 0.3) is 0 Å². The van der Waals surface area contributed by atoms with Crippen molar-refractivity contribution in [3.8, 4) is 11.4 Å². The summed E-state index contributed by atoms with van der Waals surface area (Å²) in [6, 6.07) is 12.7. The van der Waals surface area contributed by atoms with Crippen molar-refractivity contribution in [1.82, 2.24) is 20.0 Å². The topological polar surface area (TPSA) is 76.3 Å². The first kappa shape index (κ1) is 19.5. The van der Waals surface area contributed by atoms with Gasteiger partial charge in [-0.25, -0.2) is 4.98 Å². The normalized spacial score (nSPS) is 17.0. The van der Waals surface area contributed by atoms with Crippen molar-refractivity contribution in [3.63, 3.8) is 0 Å². The zero-order valence-electron chi connectivity index (χ0n) is 17.0. The van der Waals surface area contributed by atoms with E-state index in [1.54, 1.807) is 13.3 Å². The van der Waals surface area contributed by atoms with Gasteiger partial charge in [-0.3, -0.25) is 4.90 Å². The predicted octanol–water partition coefficient (Wildman–Crippen LogP) is 3.84. The Morgan fingerprint density at radius 3 is 2.93 bits per heavy atom. The lowest BCUT2D eigenvalue weighted by atomic mass is 10.1. The van der Waals surface area contributed by atoms with Crippen molar-refractivity contribution in [2.45, 2.75) is 32.4 Å². The minimum Gasteiger partial charge on any atom is -0.383 e. The average Bonchev–Trinajstić information content (AvgIpc) is 3.40. The van der Waals surface area contributed by atoms with E-state index >= 15 is 0 Å². The monoisotopic (exact) mass is 393 g/mol. The number of likely N-dealkylation sites (tertiary alicyclic amines) is 1. The Hall–Kier alpha value is -2.77. The molecule has 1 fully saturated rings. The maximum Gasteiger partial charge on any atom is 0.244 e. The minimum absolute atomic E-state index is 0.152. The highest BCUT2D eigenvalue weighted by Crippen LogP contribution is 2.34. The number of rotatable bonds is 8. The molecule has 3 aromatic rings. The van der Waals surface area contributed by atoms with Gasteiger partial charge in [0.2, 0.25) is 11.7 Å². The summed E-state index contributed by atoms with van der Waals surface area (Å²) in [5.41, 5.74) is 3.42. The van der Waals surface area contributed by atoms with Crippen LogP contribution in [0, 0.1) is 6.92 Å². The molecule has 0 unspecified atom stereocenters. The molecule has 0 bridgehead atoms. The second kappa shape index (κ2) is 9.15. The van der Waals surface area contributed by atoms with Gasteiger partial charge < -0.3 is 14.6 Å². The molecule has 29 heavy (non-hydrogen) atoms. The molecule has 1 aromatic carbocycles. The van der Waals surface area contributed by atoms with Crippen molar-refractivity contribution in [3.05, 3.63) is 59.6 Å². The lowest BCUT2D eigenvalue weighted by Gasteiger charge is -2.21. The fraction of sp³-hybridized carbons (Fsp3) is 0.409. The van der Waals surface area contributed by atoms with E-state index in [0.29, 0.717) is 24.9 Å². The summed E-state index contributed by atoms with van der Waals surface area (Å²) < 4.78 is 10.8. The number of aryl methyl sites for hydroxylation is 1. The summed E-state index contributed by atoms with van der Waals surface area (Å²) in [6.45, 7) is 5.30. The van der Waals surface area contributed by atoms with Crippen LogP contribution in [0.3, 0.4) is 0 Å². The number of nitrogens with zero attached hydrogens (tertiary/aromatic N) is 4. The first-order valence-electron chi connectivity index (χ1n) is 10.1. The van der Waals surface area contributed by atoms with Crippen LogP contribution in [0.5, 0.6) is 0 Å². The van der Waals surface area contributed by atoms with Crippen molar-refractivity contribution in [2.24, 2.45) is 0 Å². The number of benzene rings is 1. The van der Waals surface area contributed by atoms with Crippen molar-refractivity contribution in [2.75, 3.05) is 32.1 Å². The lowest BCUT2D eigenvalue weighted by Crippen LogP contribution is -2.23. The van der Waals surface area contributed by atoms with Crippen LogP contribution in [0.1, 0.15) is 35.9 Å². The van der Waals surface area contributed by atoms with E-state index in [-0.39, 0.29) is 6.04 Å². The van der Waals surface area contributed by atoms with E-state index in [1.165, 1.54) is 11.1 Å². The molecule has 0 spiro atoms. The second-order valence-electron chi connectivity index (χ2n) is 7.39. The van der Waals surface area contributed by atoms with Crippen molar-refractivity contribution < 1.29 is 9.26 Å². The number of hydrogen-bond acceptors (Lipinski definition) is 7. The Labute approximate surface area is 171 Å². The predicted molar refractivity (Wildman–Crippen MR) is 111 cm³/mol. The highest BCUT2D eigenvalue weighted by atomic mass is 16.5. The van der Waals surface area contributed by atoms with Gasteiger partial charge in [0, 0.05) is 26.4 Å². The molecule has 1 atom stereocenters. The molecule has 1 aliphatic rings. The number of anilines is 1. The first-order valence-corrected chi connectivity index (χ1v) is 10.1. The summed E-state index contributed by atoms with van der Waals surface area (Å²) in [5, 5.41) is 7.52. The van der Waals surface area contributed by atoms with E-state index in [9.17, 15) is 0 Å². The molecule has 2 aromatic heterocycles. The maximum atomic E-state index is 5.69. The molecule has 1 N–H and O–H groups in total. The lowest BCUT2D eigenvalue weighted by molar-refractivity contribution is 0.201. The third kappa shape index (κ3) is 4.63. The molecule has 7 nitrogen and oxygen atoms in total. The number of pyridine rings is 1. The number of ether oxygens (including phenoxy) is 1. The standard InChI is InChI=1S/C22H27N5O2/c1-16-7-9-17(10-8-16)15-27-13-4-6-19(27)22-25-21(26-29-22)18-5-3-11-23-20(18)24-12-14-28-2/h3,5,7-11,19H,4,6,12-15H2,1-2H3,(H,23,24)/t19-/m0/s1. The van der Waals surface area contributed by atoms with Crippen LogP contribution in [0.4, 0.5) is 5.82 Å². The average molecular weight is 393 g/mol. The molecule has 1 saturated heterocycles. The maximum absolute atomic E-state index is 5.69. The van der Waals surface area contributed by atoms with E-state index in [1.807, 2.05) is 12.1 Å². The van der Waals surface area contributed by atoms with Crippen LogP contribution < -0.4 is 5.32 Å². The molecule has 7 heteroatoms. The zero-order valence-corrected chi connectivity index (χ0v) is 17.0. The molecule has 0 saturated carbocycles. The number of hydrogen-bond donors (Lipinski definition) is 1. The van der Waals surface area contributed by atoms with Gasteiger partial charge >= 0.3 is 0 Å². The second-order valence-corrected chi connectivity index (χ2v) is 7.39. The van der Waals surface area contributed by atoms with Crippen LogP contribution in [0.15, 0.2) is 47.1 Å². The highest BCUT2D eigenvalue weighted by molar-refractivity contribution is 5.69. The first-order chi connectivity index (χ1) is 14.2. The van der Waals surface area contributed by atoms with Crippen LogP contribution in [0.25, 0.3) is 11.4 Å². The third-order valence-electron chi connectivity index (χ3n) is 5.24. The molecule has 152 valence electrons. The SMILES string of the molecule is COCCNc1ncccc1-c1noc([C@@H]2CCCN2Cc2ccc(C)cc2)n1. The number of nitrogens with one attached hydrogen (secondary N) is 1. The molecule has 3 heterocycles. The summed E-state index contributed by atoms with van der Waals surface area (Å²) in [6.07, 6.45) is 3.91. The molecule has 0 aliphatic carbocycles. The van der Waals surface area contributed by atoms with Gasteiger partial charge in [0.1, 0.15) is 5.82 Å². The van der Waals surface area contributed by atoms with Crippen LogP contribution >= 0.6 is 0 Å². The quantitative estimate of drug-likeness (QED) is 0.583. The van der Waals surface area contributed by atoms with Gasteiger partial charge in [-0.2, -0.15) is 4.98 Å². The molecular formula is C22H27N5O2. The summed E-state index contributed by atoms with van der Waals surface area (Å²) in [7, 11) is 1.68. The molecule has 1 aliphatic heterocycles. The fourth-order valence-electron chi connectivity index (χ4n) is 3.70. The van der Waals surface area contributed by atoms with Crippen molar-refractivity contribution in [1.29, 1.82) is 0 Å². The zero-order chi connectivity index (χ0) is 20.1. The van der Waals surface area contributed by atoms with Crippen LogP contribution in [-0.2, 0) is 11.3 Å². The molecule has 0 radical (unpaired) electrons. The van der Waals surface area contributed by atoms with Crippen molar-refractivity contribution >= 4 is 5.82 Å². The number of aromatic nitrogens is 3. The smallest absolute Gasteiger partial charge is 0.244 e. The Kier molecular flexibility index (Phi) is 6.17. The van der Waals surface area contributed by atoms with Gasteiger partial charge in [0.05, 0.1) is 18.2 Å². The molecule has 0 amide bonds. The third-order valence-corrected chi connectivity index (χ3v) is 5.24. The van der Waals surface area contributed by atoms with E-state index in [2.05, 4.69) is 51.5 Å². The molecule has 4 rings (SSSR count). The Bertz CT molecular complexity index is 925. The minimum atomic E-state index is 0.152. The van der Waals surface area contributed by atoms with E-state index < -0.39 is 0 Å². The van der Waals surface area contributed by atoms with Gasteiger partial charge in [-0.1, -0.05) is 35.0 Å². The van der Waals surface area contributed by atoms with E-state index in [0.717, 1.165) is 37.3 Å². The summed E-state index contributed by atoms with van der Waals surface area (Å²) >= 11 is 0. The van der Waals surface area contributed by atoms with Gasteiger partial charge in [0.15, 0.2) is 0 Å². The van der Waals surface area contributed by atoms with Gasteiger partial charge in [-0.05, 0) is 44.0 Å². The van der Waals surface area contributed by atoms with Crippen LogP contribution in [-0.4, -0.2) is 46.8 Å². The van der Waals surface area contributed by atoms with E-state index in [4.69, 9.17) is 14.2 Å². The highest BCUT2D eigenvalue weighted by Gasteiger charge is 2.31. The summed E-state index contributed by atoms with van der Waals surface area (Å²) in [4.78, 5) is 11.6. The largest absolute Gasteiger partial charge is 0.383 e. The fourth-order valence-corrected chi connectivity index (χ4v) is 3.70. The molecular weight excluding hydrogens is 366 g/mol. The Morgan fingerprint density at radius 1 is 1.24 bits per heavy atom. The van der Waals surface area contributed by atoms with Crippen LogP contribution in [0.2, 0.25) is 0 Å². The van der Waals surface area contributed by atoms with Gasteiger partial charge in [-0.15, -0.1) is 0 Å². The summed E-state index contributed by atoms with van der Waals surface area (Å²) in [5.74, 6) is 1.98. The Balaban J connectivity index is 1.50.